The maximum atomic E-state index is 11.2. The van der Waals surface area contributed by atoms with Gasteiger partial charge in [-0.2, -0.15) is 0 Å². The van der Waals surface area contributed by atoms with E-state index in [4.69, 9.17) is 10.5 Å². The van der Waals surface area contributed by atoms with Crippen molar-refractivity contribution in [2.75, 3.05) is 13.1 Å². The third-order valence-corrected chi connectivity index (χ3v) is 2.11. The van der Waals surface area contributed by atoms with Crippen LogP contribution < -0.4 is 11.1 Å². The molecule has 0 spiro atoms. The van der Waals surface area contributed by atoms with Crippen molar-refractivity contribution in [3.63, 3.8) is 0 Å². The van der Waals surface area contributed by atoms with Gasteiger partial charge in [0.2, 0.25) is 0 Å². The van der Waals surface area contributed by atoms with Crippen molar-refractivity contribution in [2.24, 2.45) is 5.73 Å². The number of unbranched alkanes of at least 4 members (excludes halogenated alkanes) is 1. The molecule has 1 rings (SSSR count). The molecule has 0 aromatic heterocycles. The van der Waals surface area contributed by atoms with E-state index in [2.05, 4.69) is 5.32 Å². The molecule has 18 heavy (non-hydrogen) atoms. The quantitative estimate of drug-likeness (QED) is 0.793. The maximum Gasteiger partial charge on any atom is 0.407 e. The third kappa shape index (κ3) is 9.10. The van der Waals surface area contributed by atoms with Crippen LogP contribution >= 0.6 is 24.8 Å². The Morgan fingerprint density at radius 3 is 2.44 bits per heavy atom. The van der Waals surface area contributed by atoms with Gasteiger partial charge in [0.15, 0.2) is 0 Å². The minimum Gasteiger partial charge on any atom is -0.445 e. The van der Waals surface area contributed by atoms with Crippen LogP contribution in [0.4, 0.5) is 4.79 Å². The number of carbonyl (C=O) groups excluding carboxylic acids is 1. The fourth-order valence-corrected chi connectivity index (χ4v) is 1.23. The molecule has 0 saturated heterocycles. The molecule has 0 unspecified atom stereocenters. The molecule has 0 aliphatic rings. The summed E-state index contributed by atoms with van der Waals surface area (Å²) < 4.78 is 5.03. The highest BCUT2D eigenvalue weighted by Gasteiger charge is 2.00. The van der Waals surface area contributed by atoms with E-state index < -0.39 is 0 Å². The number of benzene rings is 1. The topological polar surface area (TPSA) is 64.3 Å². The first-order valence-corrected chi connectivity index (χ1v) is 5.47. The lowest BCUT2D eigenvalue weighted by Crippen LogP contribution is -2.25. The van der Waals surface area contributed by atoms with Gasteiger partial charge in [-0.3, -0.25) is 0 Å². The highest BCUT2D eigenvalue weighted by Crippen LogP contribution is 2.00. The number of halogens is 2. The fraction of sp³-hybridized carbons (Fsp3) is 0.417. The van der Waals surface area contributed by atoms with Crippen molar-refractivity contribution in [3.05, 3.63) is 35.9 Å². The predicted molar refractivity (Wildman–Crippen MR) is 77.4 cm³/mol. The molecule has 6 heteroatoms. The van der Waals surface area contributed by atoms with Gasteiger partial charge in [0.1, 0.15) is 6.61 Å². The lowest BCUT2D eigenvalue weighted by molar-refractivity contribution is 0.139. The normalized spacial score (nSPS) is 8.72. The standard InChI is InChI=1S/C12H18N2O2.2ClH/c13-8-4-5-9-14-12(15)16-10-11-6-2-1-3-7-11;;/h1-3,6-7H,4-5,8-10,13H2,(H,14,15);2*1H. The number of hydrogen-bond acceptors (Lipinski definition) is 3. The average molecular weight is 295 g/mol. The fourth-order valence-electron chi connectivity index (χ4n) is 1.23. The molecule has 0 fully saturated rings. The van der Waals surface area contributed by atoms with Crippen LogP contribution in [0.15, 0.2) is 30.3 Å². The largest absolute Gasteiger partial charge is 0.445 e. The first-order chi connectivity index (χ1) is 7.83. The number of ether oxygens (including phenoxy) is 1. The monoisotopic (exact) mass is 294 g/mol. The van der Waals surface area contributed by atoms with Crippen LogP contribution in [0, 0.1) is 0 Å². The van der Waals surface area contributed by atoms with Crippen molar-refractivity contribution in [1.82, 2.24) is 5.32 Å². The summed E-state index contributed by atoms with van der Waals surface area (Å²) in [4.78, 5) is 11.2. The van der Waals surface area contributed by atoms with Crippen LogP contribution in [-0.2, 0) is 11.3 Å². The maximum absolute atomic E-state index is 11.2. The molecule has 1 aromatic carbocycles. The molecule has 0 bridgehead atoms. The molecule has 104 valence electrons. The minimum atomic E-state index is -0.374. The Balaban J connectivity index is 0. The Hall–Kier alpha value is -0.970. The minimum absolute atomic E-state index is 0. The summed E-state index contributed by atoms with van der Waals surface area (Å²) in [5.41, 5.74) is 6.32. The second kappa shape index (κ2) is 12.5. The van der Waals surface area contributed by atoms with Crippen molar-refractivity contribution in [2.45, 2.75) is 19.4 Å². The zero-order valence-electron chi connectivity index (χ0n) is 10.1. The van der Waals surface area contributed by atoms with Crippen LogP contribution in [0.5, 0.6) is 0 Å². The predicted octanol–water partition coefficient (Wildman–Crippen LogP) is 2.50. The lowest BCUT2D eigenvalue weighted by atomic mass is 10.2. The van der Waals surface area contributed by atoms with E-state index in [0.717, 1.165) is 18.4 Å². The zero-order chi connectivity index (χ0) is 11.6. The van der Waals surface area contributed by atoms with E-state index in [1.807, 2.05) is 30.3 Å². The van der Waals surface area contributed by atoms with Gasteiger partial charge in [-0.15, -0.1) is 24.8 Å². The first-order valence-electron chi connectivity index (χ1n) is 5.47. The van der Waals surface area contributed by atoms with Crippen LogP contribution in [0.25, 0.3) is 0 Å². The molecular formula is C12H20Cl2N2O2. The molecule has 0 saturated carbocycles. The van der Waals surface area contributed by atoms with Gasteiger partial charge < -0.3 is 15.8 Å². The van der Waals surface area contributed by atoms with E-state index in [9.17, 15) is 4.79 Å². The SMILES string of the molecule is Cl.Cl.NCCCCNC(=O)OCc1ccccc1. The highest BCUT2D eigenvalue weighted by molar-refractivity contribution is 5.85. The number of carbonyl (C=O) groups is 1. The van der Waals surface area contributed by atoms with Gasteiger partial charge in [0, 0.05) is 6.54 Å². The van der Waals surface area contributed by atoms with E-state index in [1.54, 1.807) is 0 Å². The van der Waals surface area contributed by atoms with E-state index in [0.29, 0.717) is 19.7 Å². The van der Waals surface area contributed by atoms with Gasteiger partial charge in [0.25, 0.3) is 0 Å². The van der Waals surface area contributed by atoms with Gasteiger partial charge >= 0.3 is 6.09 Å². The molecule has 3 N–H and O–H groups in total. The molecule has 0 aliphatic carbocycles. The van der Waals surface area contributed by atoms with Gasteiger partial charge in [-0.05, 0) is 24.9 Å². The summed E-state index contributed by atoms with van der Waals surface area (Å²) in [7, 11) is 0. The van der Waals surface area contributed by atoms with Crippen LogP contribution in [0.1, 0.15) is 18.4 Å². The van der Waals surface area contributed by atoms with E-state index >= 15 is 0 Å². The molecular weight excluding hydrogens is 275 g/mol. The average Bonchev–Trinajstić information content (AvgIpc) is 2.33. The summed E-state index contributed by atoms with van der Waals surface area (Å²) >= 11 is 0. The molecule has 0 radical (unpaired) electrons. The molecule has 0 aliphatic heterocycles. The summed E-state index contributed by atoms with van der Waals surface area (Å²) in [6, 6.07) is 9.59. The second-order valence-electron chi connectivity index (χ2n) is 3.48. The van der Waals surface area contributed by atoms with E-state index in [1.165, 1.54) is 0 Å². The van der Waals surface area contributed by atoms with Crippen molar-refractivity contribution >= 4 is 30.9 Å². The number of nitrogens with one attached hydrogen (secondary N) is 1. The third-order valence-electron chi connectivity index (χ3n) is 2.11. The van der Waals surface area contributed by atoms with Crippen LogP contribution in [0.3, 0.4) is 0 Å². The van der Waals surface area contributed by atoms with Gasteiger partial charge in [0.05, 0.1) is 0 Å². The Bertz CT molecular complexity index is 310. The Labute approximate surface area is 120 Å². The molecule has 0 heterocycles. The first kappa shape index (κ1) is 19.4. The summed E-state index contributed by atoms with van der Waals surface area (Å²) in [5.74, 6) is 0. The molecule has 4 nitrogen and oxygen atoms in total. The smallest absolute Gasteiger partial charge is 0.407 e. The highest BCUT2D eigenvalue weighted by atomic mass is 35.5. The number of rotatable bonds is 6. The van der Waals surface area contributed by atoms with Crippen molar-refractivity contribution < 1.29 is 9.53 Å². The number of amides is 1. The van der Waals surface area contributed by atoms with E-state index in [-0.39, 0.29) is 30.9 Å². The van der Waals surface area contributed by atoms with Gasteiger partial charge in [-0.25, -0.2) is 4.79 Å². The Kier molecular flexibility index (Phi) is 13.4. The number of hydrogen-bond donors (Lipinski definition) is 2. The summed E-state index contributed by atoms with van der Waals surface area (Å²) in [6.07, 6.45) is 1.43. The second-order valence-corrected chi connectivity index (χ2v) is 3.48. The van der Waals surface area contributed by atoms with Crippen molar-refractivity contribution in [3.8, 4) is 0 Å². The lowest BCUT2D eigenvalue weighted by Gasteiger charge is -2.06. The van der Waals surface area contributed by atoms with Gasteiger partial charge in [-0.1, -0.05) is 30.3 Å². The molecule has 1 amide bonds. The summed E-state index contributed by atoms with van der Waals surface area (Å²) in [5, 5.41) is 2.67. The Morgan fingerprint density at radius 2 is 1.83 bits per heavy atom. The van der Waals surface area contributed by atoms with Crippen molar-refractivity contribution in [1.29, 1.82) is 0 Å². The molecule has 0 atom stereocenters. The van der Waals surface area contributed by atoms with Crippen LogP contribution in [0.2, 0.25) is 0 Å². The zero-order valence-corrected chi connectivity index (χ0v) is 11.8. The molecule has 1 aromatic rings. The number of nitrogens with two attached hydrogens (primary N) is 1. The number of alkyl carbamates (subject to hydrolysis) is 1. The summed E-state index contributed by atoms with van der Waals surface area (Å²) in [6.45, 7) is 1.58. The van der Waals surface area contributed by atoms with Crippen LogP contribution in [-0.4, -0.2) is 19.2 Å². The Morgan fingerprint density at radius 1 is 1.17 bits per heavy atom.